The summed E-state index contributed by atoms with van der Waals surface area (Å²) in [5.41, 5.74) is 5.67. The van der Waals surface area contributed by atoms with Crippen LogP contribution in [-0.2, 0) is 4.79 Å². The van der Waals surface area contributed by atoms with Gasteiger partial charge in [-0.15, -0.1) is 24.0 Å². The summed E-state index contributed by atoms with van der Waals surface area (Å²) in [6.07, 6.45) is 4.95. The third-order valence-corrected chi connectivity index (χ3v) is 2.90. The summed E-state index contributed by atoms with van der Waals surface area (Å²) in [7, 11) is 0. The Bertz CT molecular complexity index is 265. The minimum atomic E-state index is 0. The number of halogens is 1. The summed E-state index contributed by atoms with van der Waals surface area (Å²) in [6.45, 7) is 5.29. The van der Waals surface area contributed by atoms with Gasteiger partial charge in [0.05, 0.1) is 0 Å². The zero-order valence-corrected chi connectivity index (χ0v) is 13.5. The number of carbonyl (C=O) groups excluding carboxylic acids is 1. The van der Waals surface area contributed by atoms with E-state index in [1.165, 1.54) is 0 Å². The average Bonchev–Trinajstić information content (AvgIpc) is 2.82. The van der Waals surface area contributed by atoms with Gasteiger partial charge in [-0.1, -0.05) is 13.3 Å². The molecule has 1 aliphatic rings. The summed E-state index contributed by atoms with van der Waals surface area (Å²) >= 11 is 0. The van der Waals surface area contributed by atoms with E-state index in [2.05, 4.69) is 17.2 Å². The third kappa shape index (κ3) is 7.03. The van der Waals surface area contributed by atoms with E-state index < -0.39 is 0 Å². The molecule has 0 saturated carbocycles. The van der Waals surface area contributed by atoms with Gasteiger partial charge in [0.2, 0.25) is 5.91 Å². The van der Waals surface area contributed by atoms with Gasteiger partial charge in [-0.3, -0.25) is 9.79 Å². The van der Waals surface area contributed by atoms with Crippen molar-refractivity contribution >= 4 is 35.8 Å². The molecule has 1 fully saturated rings. The molecule has 0 atom stereocenters. The number of carbonyl (C=O) groups is 1. The van der Waals surface area contributed by atoms with Gasteiger partial charge < -0.3 is 16.0 Å². The topological polar surface area (TPSA) is 70.7 Å². The maximum Gasteiger partial charge on any atom is 0.224 e. The number of hydrogen-bond acceptors (Lipinski definition) is 2. The molecule has 0 aromatic heterocycles. The van der Waals surface area contributed by atoms with Gasteiger partial charge in [0, 0.05) is 32.6 Å². The summed E-state index contributed by atoms with van der Waals surface area (Å²) in [5, 5.41) is 2.98. The number of hydrogen-bond donors (Lipinski definition) is 2. The Kier molecular flexibility index (Phi) is 10.1. The number of likely N-dealkylation sites (tertiary alicyclic amines) is 1. The van der Waals surface area contributed by atoms with Gasteiger partial charge in [0.1, 0.15) is 0 Å². The van der Waals surface area contributed by atoms with Gasteiger partial charge in [-0.25, -0.2) is 0 Å². The number of aliphatic imine (C=N–C) groups is 1. The number of rotatable bonds is 6. The van der Waals surface area contributed by atoms with Crippen LogP contribution in [0.4, 0.5) is 0 Å². The van der Waals surface area contributed by atoms with Crippen molar-refractivity contribution in [1.29, 1.82) is 0 Å². The third-order valence-electron chi connectivity index (χ3n) is 2.90. The zero-order chi connectivity index (χ0) is 12.5. The lowest BCUT2D eigenvalue weighted by Gasteiger charge is -2.15. The molecule has 3 N–H and O–H groups in total. The summed E-state index contributed by atoms with van der Waals surface area (Å²) in [5.74, 6) is 0.670. The van der Waals surface area contributed by atoms with Crippen LogP contribution >= 0.6 is 24.0 Å². The van der Waals surface area contributed by atoms with E-state index >= 15 is 0 Å². The molecule has 0 aromatic rings. The van der Waals surface area contributed by atoms with Crippen molar-refractivity contribution in [3.05, 3.63) is 0 Å². The average molecular weight is 368 g/mol. The minimum Gasteiger partial charge on any atom is -0.370 e. The van der Waals surface area contributed by atoms with E-state index in [9.17, 15) is 4.79 Å². The number of unbranched alkanes of at least 4 members (excludes halogenated alkanes) is 1. The molecule has 0 bridgehead atoms. The second-order valence-corrected chi connectivity index (χ2v) is 4.39. The minimum absolute atomic E-state index is 0. The van der Waals surface area contributed by atoms with E-state index in [0.29, 0.717) is 18.9 Å². The molecular weight excluding hydrogens is 343 g/mol. The van der Waals surface area contributed by atoms with Crippen molar-refractivity contribution in [2.45, 2.75) is 39.0 Å². The van der Waals surface area contributed by atoms with E-state index in [4.69, 9.17) is 5.73 Å². The molecule has 5 nitrogen and oxygen atoms in total. The summed E-state index contributed by atoms with van der Waals surface area (Å²) in [6, 6.07) is 0. The maximum atomic E-state index is 11.7. The SMILES string of the molecule is CCCCN=C(N)NCCC(=O)N1CCCC1.I. The number of amides is 1. The molecule has 0 aliphatic carbocycles. The van der Waals surface area contributed by atoms with Crippen LogP contribution in [0.15, 0.2) is 4.99 Å². The largest absolute Gasteiger partial charge is 0.370 e. The lowest BCUT2D eigenvalue weighted by atomic mass is 10.3. The highest BCUT2D eigenvalue weighted by atomic mass is 127. The molecule has 1 rings (SSSR count). The Morgan fingerprint density at radius 3 is 2.67 bits per heavy atom. The van der Waals surface area contributed by atoms with E-state index in [1.807, 2.05) is 4.90 Å². The number of nitrogens with two attached hydrogens (primary N) is 1. The van der Waals surface area contributed by atoms with Crippen LogP contribution in [0.25, 0.3) is 0 Å². The maximum absolute atomic E-state index is 11.7. The first-order valence-corrected chi connectivity index (χ1v) is 6.55. The fourth-order valence-electron chi connectivity index (χ4n) is 1.84. The molecule has 1 aliphatic heterocycles. The van der Waals surface area contributed by atoms with Gasteiger partial charge in [0.25, 0.3) is 0 Å². The zero-order valence-electron chi connectivity index (χ0n) is 11.2. The number of nitrogens with zero attached hydrogens (tertiary/aromatic N) is 2. The Morgan fingerprint density at radius 1 is 1.39 bits per heavy atom. The van der Waals surface area contributed by atoms with Gasteiger partial charge >= 0.3 is 0 Å². The van der Waals surface area contributed by atoms with Crippen LogP contribution in [-0.4, -0.2) is 42.9 Å². The fraction of sp³-hybridized carbons (Fsp3) is 0.833. The molecule has 1 saturated heterocycles. The quantitative estimate of drug-likeness (QED) is 0.322. The Labute approximate surface area is 127 Å². The monoisotopic (exact) mass is 368 g/mol. The number of nitrogens with one attached hydrogen (secondary N) is 1. The Hall–Kier alpha value is -0.530. The molecular formula is C12H25IN4O. The van der Waals surface area contributed by atoms with E-state index in [1.54, 1.807) is 0 Å². The summed E-state index contributed by atoms with van der Waals surface area (Å²) in [4.78, 5) is 17.8. The fourth-order valence-corrected chi connectivity index (χ4v) is 1.84. The molecule has 0 spiro atoms. The first-order chi connectivity index (χ1) is 8.24. The first-order valence-electron chi connectivity index (χ1n) is 6.55. The van der Waals surface area contributed by atoms with Crippen molar-refractivity contribution < 1.29 is 4.79 Å². The molecule has 0 radical (unpaired) electrons. The predicted octanol–water partition coefficient (Wildman–Crippen LogP) is 1.32. The van der Waals surface area contributed by atoms with Crippen molar-refractivity contribution in [2.24, 2.45) is 10.7 Å². The molecule has 18 heavy (non-hydrogen) atoms. The second kappa shape index (κ2) is 10.4. The normalized spacial score (nSPS) is 15.4. The van der Waals surface area contributed by atoms with Crippen LogP contribution < -0.4 is 11.1 Å². The van der Waals surface area contributed by atoms with Crippen LogP contribution in [0.1, 0.15) is 39.0 Å². The van der Waals surface area contributed by atoms with Crippen LogP contribution in [0, 0.1) is 0 Å². The smallest absolute Gasteiger partial charge is 0.224 e. The van der Waals surface area contributed by atoms with E-state index in [0.717, 1.165) is 45.3 Å². The number of guanidine groups is 1. The van der Waals surface area contributed by atoms with Crippen molar-refractivity contribution in [3.8, 4) is 0 Å². The van der Waals surface area contributed by atoms with Gasteiger partial charge in [0.15, 0.2) is 5.96 Å². The lowest BCUT2D eigenvalue weighted by Crippen LogP contribution is -2.36. The highest BCUT2D eigenvalue weighted by Gasteiger charge is 2.16. The second-order valence-electron chi connectivity index (χ2n) is 4.39. The molecule has 1 amide bonds. The van der Waals surface area contributed by atoms with Crippen LogP contribution in [0.2, 0.25) is 0 Å². The van der Waals surface area contributed by atoms with Crippen LogP contribution in [0.5, 0.6) is 0 Å². The van der Waals surface area contributed by atoms with Crippen molar-refractivity contribution in [1.82, 2.24) is 10.2 Å². The highest BCUT2D eigenvalue weighted by Crippen LogP contribution is 2.08. The molecule has 0 unspecified atom stereocenters. The van der Waals surface area contributed by atoms with Crippen LogP contribution in [0.3, 0.4) is 0 Å². The van der Waals surface area contributed by atoms with Crippen molar-refractivity contribution in [3.63, 3.8) is 0 Å². The molecule has 6 heteroatoms. The van der Waals surface area contributed by atoms with Crippen molar-refractivity contribution in [2.75, 3.05) is 26.2 Å². The predicted molar refractivity (Wildman–Crippen MR) is 85.2 cm³/mol. The summed E-state index contributed by atoms with van der Waals surface area (Å²) < 4.78 is 0. The molecule has 1 heterocycles. The van der Waals surface area contributed by atoms with Gasteiger partial charge in [-0.05, 0) is 19.3 Å². The van der Waals surface area contributed by atoms with Gasteiger partial charge in [-0.2, -0.15) is 0 Å². The lowest BCUT2D eigenvalue weighted by molar-refractivity contribution is -0.129. The molecule has 106 valence electrons. The standard InChI is InChI=1S/C12H24N4O.HI/c1-2-3-7-14-12(13)15-8-6-11(17)16-9-4-5-10-16;/h2-10H2,1H3,(H3,13,14,15);1H. The Morgan fingerprint density at radius 2 is 2.06 bits per heavy atom. The Balaban J connectivity index is 0.00000289. The highest BCUT2D eigenvalue weighted by molar-refractivity contribution is 14.0. The van der Waals surface area contributed by atoms with E-state index in [-0.39, 0.29) is 29.9 Å². The molecule has 0 aromatic carbocycles. The first kappa shape index (κ1) is 17.5.